The molecule has 7 heteroatoms. The van der Waals surface area contributed by atoms with E-state index in [9.17, 15) is 0 Å². The summed E-state index contributed by atoms with van der Waals surface area (Å²) < 4.78 is 11.6. The summed E-state index contributed by atoms with van der Waals surface area (Å²) in [5.74, 6) is 0.763. The molecule has 0 fully saturated rings. The maximum atomic E-state index is 5.85. The Morgan fingerprint density at radius 1 is 1.21 bits per heavy atom. The Labute approximate surface area is 127 Å². The smallest absolute Gasteiger partial charge is 0.224 e. The molecule has 5 nitrogen and oxygen atoms in total. The molecular formula is C12H19BrClN3O2. The Balaban J connectivity index is 2.72. The first-order valence-electron chi connectivity index (χ1n) is 6.27. The Morgan fingerprint density at radius 2 is 1.79 bits per heavy atom. The van der Waals surface area contributed by atoms with Gasteiger partial charge in [0.2, 0.25) is 5.28 Å². The van der Waals surface area contributed by atoms with Gasteiger partial charge < -0.3 is 14.4 Å². The summed E-state index contributed by atoms with van der Waals surface area (Å²) in [4.78, 5) is 10.3. The van der Waals surface area contributed by atoms with Crippen LogP contribution in [0.4, 0.5) is 5.82 Å². The second kappa shape index (κ2) is 9.47. The molecule has 0 aromatic carbocycles. The van der Waals surface area contributed by atoms with Crippen LogP contribution in [0.5, 0.6) is 0 Å². The lowest BCUT2D eigenvalue weighted by molar-refractivity contribution is 0.141. The Morgan fingerprint density at radius 3 is 2.32 bits per heavy atom. The van der Waals surface area contributed by atoms with Crippen LogP contribution in [0.25, 0.3) is 0 Å². The Kier molecular flexibility index (Phi) is 8.29. The molecule has 19 heavy (non-hydrogen) atoms. The summed E-state index contributed by atoms with van der Waals surface area (Å²) >= 11 is 9.29. The van der Waals surface area contributed by atoms with Crippen molar-refractivity contribution in [1.82, 2.24) is 9.97 Å². The molecule has 0 aliphatic rings. The van der Waals surface area contributed by atoms with Crippen molar-refractivity contribution in [2.75, 3.05) is 44.4 Å². The quantitative estimate of drug-likeness (QED) is 0.505. The van der Waals surface area contributed by atoms with E-state index in [1.807, 2.05) is 13.8 Å². The molecule has 0 saturated carbocycles. The predicted octanol–water partition coefficient (Wildman–Crippen LogP) is 2.77. The zero-order valence-corrected chi connectivity index (χ0v) is 13.6. The molecule has 0 aliphatic heterocycles. The van der Waals surface area contributed by atoms with Gasteiger partial charge in [-0.2, -0.15) is 4.98 Å². The number of halogens is 2. The average Bonchev–Trinajstić information content (AvgIpc) is 2.40. The molecule has 1 aromatic rings. The van der Waals surface area contributed by atoms with Gasteiger partial charge in [-0.1, -0.05) is 0 Å². The average molecular weight is 353 g/mol. The van der Waals surface area contributed by atoms with Crippen LogP contribution in [0.15, 0.2) is 10.7 Å². The van der Waals surface area contributed by atoms with Crippen LogP contribution in [-0.4, -0.2) is 49.5 Å². The molecule has 1 aromatic heterocycles. The van der Waals surface area contributed by atoms with Crippen LogP contribution in [0.3, 0.4) is 0 Å². The van der Waals surface area contributed by atoms with E-state index in [1.165, 1.54) is 0 Å². The van der Waals surface area contributed by atoms with Gasteiger partial charge in [0.1, 0.15) is 5.82 Å². The molecular weight excluding hydrogens is 334 g/mol. The number of ether oxygens (including phenoxy) is 2. The summed E-state index contributed by atoms with van der Waals surface area (Å²) in [6.07, 6.45) is 1.65. The van der Waals surface area contributed by atoms with Crippen LogP contribution < -0.4 is 4.90 Å². The van der Waals surface area contributed by atoms with E-state index in [-0.39, 0.29) is 5.28 Å². The lowest BCUT2D eigenvalue weighted by atomic mass is 10.4. The van der Waals surface area contributed by atoms with Crippen molar-refractivity contribution in [3.63, 3.8) is 0 Å². The SMILES string of the molecule is CCOCCN(CCOCC)c1nc(Cl)ncc1Br. The topological polar surface area (TPSA) is 47.5 Å². The minimum absolute atomic E-state index is 0.232. The van der Waals surface area contributed by atoms with Gasteiger partial charge in [-0.3, -0.25) is 0 Å². The van der Waals surface area contributed by atoms with Gasteiger partial charge in [-0.15, -0.1) is 0 Å². The lowest BCUT2D eigenvalue weighted by Gasteiger charge is -2.24. The maximum absolute atomic E-state index is 5.85. The molecule has 0 atom stereocenters. The molecule has 0 aliphatic carbocycles. The third kappa shape index (κ3) is 6.03. The van der Waals surface area contributed by atoms with Crippen molar-refractivity contribution in [2.45, 2.75) is 13.8 Å². The van der Waals surface area contributed by atoms with Crippen LogP contribution in [0.1, 0.15) is 13.8 Å². The van der Waals surface area contributed by atoms with E-state index in [0.29, 0.717) is 26.4 Å². The zero-order valence-electron chi connectivity index (χ0n) is 11.2. The molecule has 0 bridgehead atoms. The molecule has 0 saturated heterocycles. The second-order valence-corrected chi connectivity index (χ2v) is 4.88. The van der Waals surface area contributed by atoms with Gasteiger partial charge in [-0.25, -0.2) is 4.98 Å². The van der Waals surface area contributed by atoms with Crippen LogP contribution in [-0.2, 0) is 9.47 Å². The molecule has 0 N–H and O–H groups in total. The fourth-order valence-corrected chi connectivity index (χ4v) is 2.09. The normalized spacial score (nSPS) is 10.7. The van der Waals surface area contributed by atoms with Crippen molar-refractivity contribution in [3.8, 4) is 0 Å². The van der Waals surface area contributed by atoms with E-state index in [1.54, 1.807) is 6.20 Å². The maximum Gasteiger partial charge on any atom is 0.224 e. The number of aromatic nitrogens is 2. The number of hydrogen-bond acceptors (Lipinski definition) is 5. The predicted molar refractivity (Wildman–Crippen MR) is 79.9 cm³/mol. The van der Waals surface area contributed by atoms with Crippen LogP contribution >= 0.6 is 27.5 Å². The minimum atomic E-state index is 0.232. The van der Waals surface area contributed by atoms with Crippen molar-refractivity contribution >= 4 is 33.3 Å². The van der Waals surface area contributed by atoms with E-state index in [2.05, 4.69) is 30.8 Å². The highest BCUT2D eigenvalue weighted by Crippen LogP contribution is 2.24. The monoisotopic (exact) mass is 351 g/mol. The number of rotatable bonds is 9. The summed E-state index contributed by atoms with van der Waals surface area (Å²) in [7, 11) is 0. The first-order chi connectivity index (χ1) is 9.19. The summed E-state index contributed by atoms with van der Waals surface area (Å²) in [6, 6.07) is 0. The first kappa shape index (κ1) is 16.6. The molecule has 1 rings (SSSR count). The van der Waals surface area contributed by atoms with Crippen LogP contribution in [0.2, 0.25) is 5.28 Å². The van der Waals surface area contributed by atoms with Crippen molar-refractivity contribution in [2.24, 2.45) is 0 Å². The Hall–Kier alpha value is -0.430. The Bertz CT molecular complexity index is 372. The molecule has 0 spiro atoms. The van der Waals surface area contributed by atoms with Gasteiger partial charge in [0.25, 0.3) is 0 Å². The van der Waals surface area contributed by atoms with Crippen molar-refractivity contribution in [3.05, 3.63) is 16.0 Å². The largest absolute Gasteiger partial charge is 0.380 e. The fourth-order valence-electron chi connectivity index (χ4n) is 1.52. The van der Waals surface area contributed by atoms with Gasteiger partial charge in [0.05, 0.1) is 17.7 Å². The number of hydrogen-bond donors (Lipinski definition) is 0. The molecule has 1 heterocycles. The van der Waals surface area contributed by atoms with Crippen molar-refractivity contribution < 1.29 is 9.47 Å². The third-order valence-electron chi connectivity index (χ3n) is 2.42. The highest BCUT2D eigenvalue weighted by atomic mass is 79.9. The van der Waals surface area contributed by atoms with Gasteiger partial charge in [-0.05, 0) is 41.4 Å². The molecule has 0 radical (unpaired) electrons. The van der Waals surface area contributed by atoms with E-state index >= 15 is 0 Å². The zero-order chi connectivity index (χ0) is 14.1. The number of nitrogens with zero attached hydrogens (tertiary/aromatic N) is 3. The fraction of sp³-hybridized carbons (Fsp3) is 0.667. The lowest BCUT2D eigenvalue weighted by Crippen LogP contribution is -2.32. The minimum Gasteiger partial charge on any atom is -0.380 e. The van der Waals surface area contributed by atoms with Gasteiger partial charge in [0, 0.05) is 32.5 Å². The molecule has 0 unspecified atom stereocenters. The highest BCUT2D eigenvalue weighted by molar-refractivity contribution is 9.10. The number of anilines is 1. The summed E-state index contributed by atoms with van der Waals surface area (Å²) in [5, 5.41) is 0.232. The van der Waals surface area contributed by atoms with Gasteiger partial charge >= 0.3 is 0 Å². The van der Waals surface area contributed by atoms with E-state index in [4.69, 9.17) is 21.1 Å². The van der Waals surface area contributed by atoms with Crippen LogP contribution in [0, 0.1) is 0 Å². The third-order valence-corrected chi connectivity index (χ3v) is 3.16. The summed E-state index contributed by atoms with van der Waals surface area (Å²) in [6.45, 7) is 8.08. The first-order valence-corrected chi connectivity index (χ1v) is 7.44. The van der Waals surface area contributed by atoms with E-state index < -0.39 is 0 Å². The molecule has 0 amide bonds. The van der Waals surface area contributed by atoms with Crippen molar-refractivity contribution in [1.29, 1.82) is 0 Å². The highest BCUT2D eigenvalue weighted by Gasteiger charge is 2.13. The van der Waals surface area contributed by atoms with Gasteiger partial charge in [0.15, 0.2) is 0 Å². The molecule has 108 valence electrons. The van der Waals surface area contributed by atoms with E-state index in [0.717, 1.165) is 23.4 Å². The summed E-state index contributed by atoms with van der Waals surface area (Å²) in [5.41, 5.74) is 0. The second-order valence-electron chi connectivity index (χ2n) is 3.69. The standard InChI is InChI=1S/C12H19BrClN3O2/c1-3-18-7-5-17(6-8-19-4-2)11-10(13)9-15-12(14)16-11/h9H,3-8H2,1-2H3.